The number of rotatable bonds is 7. The molecule has 0 aliphatic carbocycles. The van der Waals surface area contributed by atoms with Crippen molar-refractivity contribution < 1.29 is 17.6 Å². The van der Waals surface area contributed by atoms with E-state index in [1.807, 2.05) is 26.0 Å². The van der Waals surface area contributed by atoms with Gasteiger partial charge in [-0.3, -0.25) is 10.1 Å². The average Bonchev–Trinajstić information content (AvgIpc) is 2.95. The third-order valence-corrected chi connectivity index (χ3v) is 7.01. The predicted molar refractivity (Wildman–Crippen MR) is 112 cm³/mol. The summed E-state index contributed by atoms with van der Waals surface area (Å²) in [5, 5.41) is 5.89. The summed E-state index contributed by atoms with van der Waals surface area (Å²) in [5.41, 5.74) is 0.563. The first-order chi connectivity index (χ1) is 13.9. The minimum absolute atomic E-state index is 0.0874. The van der Waals surface area contributed by atoms with Crippen molar-refractivity contribution in [3.05, 3.63) is 47.9 Å². The molecular weight excluding hydrogens is 390 g/mol. The molecule has 3 rings (SSSR count). The third-order valence-electron chi connectivity index (χ3n) is 5.10. The molecule has 1 fully saturated rings. The Hall–Kier alpha value is -2.16. The molecule has 0 radical (unpaired) electrons. The van der Waals surface area contributed by atoms with E-state index in [0.29, 0.717) is 18.8 Å². The van der Waals surface area contributed by atoms with Crippen LogP contribution in [0.5, 0.6) is 0 Å². The molecule has 1 amide bonds. The Labute approximate surface area is 172 Å². The topological polar surface area (TPSA) is 91.7 Å². The van der Waals surface area contributed by atoms with Gasteiger partial charge in [-0.1, -0.05) is 12.8 Å². The second kappa shape index (κ2) is 9.56. The fraction of sp³-hybridized carbons (Fsp3) is 0.476. The number of aryl methyl sites for hydroxylation is 1. The highest BCUT2D eigenvalue weighted by atomic mass is 32.2. The van der Waals surface area contributed by atoms with E-state index in [4.69, 9.17) is 4.42 Å². The van der Waals surface area contributed by atoms with Crippen LogP contribution >= 0.6 is 0 Å². The number of hydrogen-bond acceptors (Lipinski definition) is 5. The maximum Gasteiger partial charge on any atom is 0.243 e. The molecule has 1 aliphatic rings. The normalized spacial score (nSPS) is 16.9. The average molecular weight is 420 g/mol. The number of hydrogen-bond donors (Lipinski definition) is 2. The van der Waals surface area contributed by atoms with Crippen LogP contribution in [-0.2, 0) is 14.8 Å². The van der Waals surface area contributed by atoms with Crippen LogP contribution in [0.4, 0.5) is 5.69 Å². The van der Waals surface area contributed by atoms with E-state index in [0.717, 1.165) is 37.2 Å². The second-order valence-electron chi connectivity index (χ2n) is 7.44. The van der Waals surface area contributed by atoms with Crippen LogP contribution in [-0.4, -0.2) is 38.3 Å². The highest BCUT2D eigenvalue weighted by Crippen LogP contribution is 2.22. The summed E-state index contributed by atoms with van der Waals surface area (Å²) in [7, 11) is -3.48. The van der Waals surface area contributed by atoms with Gasteiger partial charge in [0.1, 0.15) is 11.5 Å². The van der Waals surface area contributed by atoms with Gasteiger partial charge in [0.05, 0.1) is 17.5 Å². The molecule has 0 saturated carbocycles. The Bertz CT molecular complexity index is 914. The first-order valence-electron chi connectivity index (χ1n) is 10.1. The zero-order valence-electron chi connectivity index (χ0n) is 17.0. The molecule has 1 aliphatic heterocycles. The van der Waals surface area contributed by atoms with Crippen LogP contribution in [0, 0.1) is 6.92 Å². The molecule has 8 heteroatoms. The number of benzene rings is 1. The highest BCUT2D eigenvalue weighted by molar-refractivity contribution is 7.89. The van der Waals surface area contributed by atoms with Crippen LogP contribution in [0.1, 0.15) is 50.2 Å². The van der Waals surface area contributed by atoms with Crippen LogP contribution < -0.4 is 10.6 Å². The Morgan fingerprint density at radius 2 is 1.72 bits per heavy atom. The summed E-state index contributed by atoms with van der Waals surface area (Å²) in [6, 6.07) is 10.0. The lowest BCUT2D eigenvalue weighted by Crippen LogP contribution is -2.32. The van der Waals surface area contributed by atoms with E-state index < -0.39 is 10.0 Å². The fourth-order valence-electron chi connectivity index (χ4n) is 3.38. The van der Waals surface area contributed by atoms with Crippen molar-refractivity contribution in [1.29, 1.82) is 0 Å². The molecule has 1 unspecified atom stereocenters. The first-order valence-corrected chi connectivity index (χ1v) is 11.5. The van der Waals surface area contributed by atoms with Gasteiger partial charge in [-0.25, -0.2) is 8.42 Å². The van der Waals surface area contributed by atoms with Gasteiger partial charge in [0.25, 0.3) is 0 Å². The lowest BCUT2D eigenvalue weighted by Gasteiger charge is -2.20. The Balaban J connectivity index is 1.55. The first kappa shape index (κ1) is 21.5. The van der Waals surface area contributed by atoms with Crippen molar-refractivity contribution in [2.45, 2.75) is 50.5 Å². The highest BCUT2D eigenvalue weighted by Gasteiger charge is 2.25. The number of nitrogens with zero attached hydrogens (tertiary/aromatic N) is 1. The van der Waals surface area contributed by atoms with E-state index in [1.165, 1.54) is 0 Å². The maximum atomic E-state index is 12.8. The van der Waals surface area contributed by atoms with Crippen molar-refractivity contribution in [1.82, 2.24) is 9.62 Å². The molecule has 158 valence electrons. The minimum atomic E-state index is -3.48. The lowest BCUT2D eigenvalue weighted by molar-refractivity contribution is -0.115. The van der Waals surface area contributed by atoms with Crippen molar-refractivity contribution in [3.8, 4) is 0 Å². The zero-order valence-corrected chi connectivity index (χ0v) is 17.8. The fourth-order valence-corrected chi connectivity index (χ4v) is 4.90. The van der Waals surface area contributed by atoms with Crippen LogP contribution in [0.2, 0.25) is 0 Å². The number of anilines is 1. The molecule has 0 bridgehead atoms. The second-order valence-corrected chi connectivity index (χ2v) is 9.38. The molecule has 2 aromatic rings. The van der Waals surface area contributed by atoms with Crippen LogP contribution in [0.15, 0.2) is 45.7 Å². The van der Waals surface area contributed by atoms with Gasteiger partial charge in [0.2, 0.25) is 15.9 Å². The summed E-state index contributed by atoms with van der Waals surface area (Å²) < 4.78 is 32.7. The number of amides is 1. The smallest absolute Gasteiger partial charge is 0.243 e. The largest absolute Gasteiger partial charge is 0.465 e. The van der Waals surface area contributed by atoms with Gasteiger partial charge < -0.3 is 9.73 Å². The SMILES string of the molecule is Cc1ccc(C(C)NCC(=O)Nc2ccc(S(=O)(=O)N3CCCCCC3)cc2)o1. The number of carbonyl (C=O) groups is 1. The van der Waals surface area contributed by atoms with Crippen LogP contribution in [0.3, 0.4) is 0 Å². The van der Waals surface area contributed by atoms with Gasteiger partial charge in [0.15, 0.2) is 0 Å². The molecule has 0 spiro atoms. The number of nitrogens with one attached hydrogen (secondary N) is 2. The van der Waals surface area contributed by atoms with E-state index in [1.54, 1.807) is 28.6 Å². The van der Waals surface area contributed by atoms with E-state index in [9.17, 15) is 13.2 Å². The molecule has 1 saturated heterocycles. The lowest BCUT2D eigenvalue weighted by atomic mass is 10.2. The third kappa shape index (κ3) is 5.68. The molecule has 1 aromatic carbocycles. The standard InChI is InChI=1S/C21H29N3O4S/c1-16-7-12-20(28-16)17(2)22-15-21(25)23-18-8-10-19(11-9-18)29(26,27)24-13-5-3-4-6-14-24/h7-12,17,22H,3-6,13-15H2,1-2H3,(H,23,25). The Morgan fingerprint density at radius 1 is 1.07 bits per heavy atom. The summed E-state index contributed by atoms with van der Waals surface area (Å²) in [6.45, 7) is 5.06. The minimum Gasteiger partial charge on any atom is -0.465 e. The number of carbonyl (C=O) groups excluding carboxylic acids is 1. The Morgan fingerprint density at radius 3 is 2.31 bits per heavy atom. The van der Waals surface area contributed by atoms with Crippen LogP contribution in [0.25, 0.3) is 0 Å². The van der Waals surface area contributed by atoms with E-state index in [-0.39, 0.29) is 23.4 Å². The van der Waals surface area contributed by atoms with Gasteiger partial charge >= 0.3 is 0 Å². The van der Waals surface area contributed by atoms with Crippen molar-refractivity contribution in [3.63, 3.8) is 0 Å². The predicted octanol–water partition coefficient (Wildman–Crippen LogP) is 3.44. The number of sulfonamides is 1. The molecule has 7 nitrogen and oxygen atoms in total. The van der Waals surface area contributed by atoms with E-state index in [2.05, 4.69) is 10.6 Å². The van der Waals surface area contributed by atoms with Gasteiger partial charge in [-0.15, -0.1) is 0 Å². The maximum absolute atomic E-state index is 12.8. The zero-order chi connectivity index (χ0) is 20.9. The monoisotopic (exact) mass is 419 g/mol. The van der Waals surface area contributed by atoms with Gasteiger partial charge in [0, 0.05) is 18.8 Å². The molecular formula is C21H29N3O4S. The van der Waals surface area contributed by atoms with Gasteiger partial charge in [-0.05, 0) is 63.1 Å². The molecule has 1 atom stereocenters. The quantitative estimate of drug-likeness (QED) is 0.717. The van der Waals surface area contributed by atoms with Crippen molar-refractivity contribution >= 4 is 21.6 Å². The summed E-state index contributed by atoms with van der Waals surface area (Å²) in [5.74, 6) is 1.40. The summed E-state index contributed by atoms with van der Waals surface area (Å²) >= 11 is 0. The number of furan rings is 1. The molecule has 1 aromatic heterocycles. The van der Waals surface area contributed by atoms with Crippen molar-refractivity contribution in [2.75, 3.05) is 25.0 Å². The molecule has 29 heavy (non-hydrogen) atoms. The molecule has 2 heterocycles. The summed E-state index contributed by atoms with van der Waals surface area (Å²) in [6.07, 6.45) is 3.94. The summed E-state index contributed by atoms with van der Waals surface area (Å²) in [4.78, 5) is 12.5. The van der Waals surface area contributed by atoms with Crippen molar-refractivity contribution in [2.24, 2.45) is 0 Å². The van der Waals surface area contributed by atoms with E-state index >= 15 is 0 Å². The molecule has 2 N–H and O–H groups in total. The Kier molecular flexibility index (Phi) is 7.10. The van der Waals surface area contributed by atoms with Gasteiger partial charge in [-0.2, -0.15) is 4.31 Å².